The van der Waals surface area contributed by atoms with Crippen LogP contribution in [0.4, 0.5) is 16.2 Å². The van der Waals surface area contributed by atoms with Gasteiger partial charge in [0.2, 0.25) is 5.91 Å². The number of rotatable bonds is 5. The van der Waals surface area contributed by atoms with E-state index in [1.165, 1.54) is 0 Å². The number of carbonyl (C=O) groups excluding carboxylic acids is 2. The summed E-state index contributed by atoms with van der Waals surface area (Å²) in [7, 11) is 3.90. The highest BCUT2D eigenvalue weighted by Crippen LogP contribution is 2.17. The van der Waals surface area contributed by atoms with E-state index in [1.807, 2.05) is 43.3 Å². The molecule has 6 heteroatoms. The minimum Gasteiger partial charge on any atom is -0.378 e. The van der Waals surface area contributed by atoms with Gasteiger partial charge in [-0.25, -0.2) is 4.79 Å². The predicted molar refractivity (Wildman–Crippen MR) is 81.1 cm³/mol. The number of carbonyl (C=O) groups is 2. The van der Waals surface area contributed by atoms with E-state index < -0.39 is 12.1 Å². The lowest BCUT2D eigenvalue weighted by molar-refractivity contribution is -0.120. The first-order valence-corrected chi connectivity index (χ1v) is 6.56. The summed E-state index contributed by atoms with van der Waals surface area (Å²) in [5, 5.41) is 7.86. The summed E-state index contributed by atoms with van der Waals surface area (Å²) in [6.07, 6.45) is 0. The monoisotopic (exact) mass is 278 g/mol. The van der Waals surface area contributed by atoms with Crippen LogP contribution in [0.1, 0.15) is 13.8 Å². The summed E-state index contributed by atoms with van der Waals surface area (Å²) < 4.78 is 0. The lowest BCUT2D eigenvalue weighted by atomic mass is 10.2. The average molecular weight is 278 g/mol. The van der Waals surface area contributed by atoms with Gasteiger partial charge in [0.15, 0.2) is 0 Å². The Morgan fingerprint density at radius 1 is 1.30 bits per heavy atom. The number of imide groups is 1. The second kappa shape index (κ2) is 7.37. The van der Waals surface area contributed by atoms with Crippen molar-refractivity contribution in [3.05, 3.63) is 24.3 Å². The number of amides is 3. The quantitative estimate of drug-likeness (QED) is 0.761. The number of hydrogen-bond acceptors (Lipinski definition) is 4. The summed E-state index contributed by atoms with van der Waals surface area (Å²) in [6.45, 7) is 3.97. The van der Waals surface area contributed by atoms with E-state index in [-0.39, 0.29) is 5.91 Å². The number of hydrogen-bond donors (Lipinski definition) is 3. The van der Waals surface area contributed by atoms with Crippen LogP contribution in [0, 0.1) is 0 Å². The number of anilines is 2. The molecule has 6 nitrogen and oxygen atoms in total. The summed E-state index contributed by atoms with van der Waals surface area (Å²) in [4.78, 5) is 25.1. The van der Waals surface area contributed by atoms with Crippen molar-refractivity contribution in [1.29, 1.82) is 0 Å². The largest absolute Gasteiger partial charge is 0.378 e. The lowest BCUT2D eigenvalue weighted by Gasteiger charge is -2.17. The summed E-state index contributed by atoms with van der Waals surface area (Å²) in [5.74, 6) is -0.369. The SMILES string of the molecule is CCNC(=O)NC(=O)C(C)Nc1cccc(N(C)C)c1. The minimum absolute atomic E-state index is 0.369. The number of nitrogens with zero attached hydrogens (tertiary/aromatic N) is 1. The van der Waals surface area contributed by atoms with Crippen molar-refractivity contribution in [2.75, 3.05) is 30.9 Å². The molecular weight excluding hydrogens is 256 g/mol. The zero-order valence-electron chi connectivity index (χ0n) is 12.4. The molecule has 0 spiro atoms. The van der Waals surface area contributed by atoms with Crippen molar-refractivity contribution in [3.63, 3.8) is 0 Å². The Bertz CT molecular complexity index is 474. The van der Waals surface area contributed by atoms with Gasteiger partial charge in [-0.1, -0.05) is 6.07 Å². The number of benzene rings is 1. The third-order valence-electron chi connectivity index (χ3n) is 2.71. The van der Waals surface area contributed by atoms with Crippen LogP contribution in [0.5, 0.6) is 0 Å². The standard InChI is InChI=1S/C14H22N4O2/c1-5-15-14(20)17-13(19)10(2)16-11-7-6-8-12(9-11)18(3)4/h6-10,16H,5H2,1-4H3,(H2,15,17,19,20). The Labute approximate surface area is 119 Å². The molecule has 0 aliphatic carbocycles. The van der Waals surface area contributed by atoms with E-state index in [1.54, 1.807) is 13.8 Å². The fourth-order valence-corrected chi connectivity index (χ4v) is 1.61. The molecule has 0 aliphatic rings. The summed E-state index contributed by atoms with van der Waals surface area (Å²) >= 11 is 0. The second-order valence-electron chi connectivity index (χ2n) is 4.66. The smallest absolute Gasteiger partial charge is 0.321 e. The van der Waals surface area contributed by atoms with Crippen molar-refractivity contribution < 1.29 is 9.59 Å². The van der Waals surface area contributed by atoms with Gasteiger partial charge >= 0.3 is 6.03 Å². The molecule has 3 amide bonds. The van der Waals surface area contributed by atoms with Crippen LogP contribution in [0.2, 0.25) is 0 Å². The van der Waals surface area contributed by atoms with Crippen molar-refractivity contribution >= 4 is 23.3 Å². The average Bonchev–Trinajstić information content (AvgIpc) is 2.39. The van der Waals surface area contributed by atoms with Gasteiger partial charge in [0.1, 0.15) is 6.04 Å². The molecule has 1 unspecified atom stereocenters. The Morgan fingerprint density at radius 3 is 2.60 bits per heavy atom. The summed E-state index contributed by atoms with van der Waals surface area (Å²) in [5.41, 5.74) is 1.86. The molecule has 1 rings (SSSR count). The Kier molecular flexibility index (Phi) is 5.83. The van der Waals surface area contributed by atoms with Gasteiger partial charge in [-0.2, -0.15) is 0 Å². The first kappa shape index (κ1) is 15.8. The molecule has 0 aromatic heterocycles. The van der Waals surface area contributed by atoms with Crippen LogP contribution < -0.4 is 20.9 Å². The van der Waals surface area contributed by atoms with Gasteiger partial charge in [-0.05, 0) is 32.0 Å². The van der Waals surface area contributed by atoms with Gasteiger partial charge in [0, 0.05) is 32.0 Å². The van der Waals surface area contributed by atoms with Crippen molar-refractivity contribution in [2.45, 2.75) is 19.9 Å². The normalized spacial score (nSPS) is 11.4. The highest BCUT2D eigenvalue weighted by molar-refractivity contribution is 5.98. The molecule has 0 heterocycles. The molecule has 3 N–H and O–H groups in total. The maximum Gasteiger partial charge on any atom is 0.321 e. The molecule has 0 bridgehead atoms. The molecule has 20 heavy (non-hydrogen) atoms. The van der Waals surface area contributed by atoms with E-state index in [4.69, 9.17) is 0 Å². The maximum atomic E-state index is 11.8. The lowest BCUT2D eigenvalue weighted by Crippen LogP contribution is -2.45. The van der Waals surface area contributed by atoms with E-state index in [9.17, 15) is 9.59 Å². The van der Waals surface area contributed by atoms with E-state index in [0.717, 1.165) is 11.4 Å². The van der Waals surface area contributed by atoms with E-state index in [2.05, 4.69) is 16.0 Å². The van der Waals surface area contributed by atoms with Gasteiger partial charge in [-0.15, -0.1) is 0 Å². The number of urea groups is 1. The highest BCUT2D eigenvalue weighted by atomic mass is 16.2. The molecular formula is C14H22N4O2. The van der Waals surface area contributed by atoms with Crippen LogP contribution in [-0.4, -0.2) is 38.6 Å². The van der Waals surface area contributed by atoms with Crippen molar-refractivity contribution in [1.82, 2.24) is 10.6 Å². The number of nitrogens with one attached hydrogen (secondary N) is 3. The maximum absolute atomic E-state index is 11.8. The topological polar surface area (TPSA) is 73.5 Å². The molecule has 0 fully saturated rings. The zero-order chi connectivity index (χ0) is 15.1. The van der Waals surface area contributed by atoms with Gasteiger partial charge in [0.25, 0.3) is 0 Å². The van der Waals surface area contributed by atoms with Crippen molar-refractivity contribution in [3.8, 4) is 0 Å². The van der Waals surface area contributed by atoms with Gasteiger partial charge in [-0.3, -0.25) is 10.1 Å². The first-order chi connectivity index (χ1) is 9.43. The van der Waals surface area contributed by atoms with Crippen LogP contribution >= 0.6 is 0 Å². The molecule has 110 valence electrons. The fourth-order valence-electron chi connectivity index (χ4n) is 1.61. The second-order valence-corrected chi connectivity index (χ2v) is 4.66. The molecule has 1 aromatic rings. The molecule has 1 aromatic carbocycles. The minimum atomic E-state index is -0.505. The fraction of sp³-hybridized carbons (Fsp3) is 0.429. The Balaban J connectivity index is 2.61. The molecule has 0 radical (unpaired) electrons. The molecule has 0 saturated carbocycles. The van der Waals surface area contributed by atoms with Crippen LogP contribution in [0.25, 0.3) is 0 Å². The summed E-state index contributed by atoms with van der Waals surface area (Å²) in [6, 6.07) is 6.72. The third-order valence-corrected chi connectivity index (χ3v) is 2.71. The Morgan fingerprint density at radius 2 is 2.00 bits per heavy atom. The van der Waals surface area contributed by atoms with Gasteiger partial charge in [0.05, 0.1) is 0 Å². The molecule has 0 saturated heterocycles. The van der Waals surface area contributed by atoms with Crippen LogP contribution in [0.3, 0.4) is 0 Å². The van der Waals surface area contributed by atoms with E-state index >= 15 is 0 Å². The predicted octanol–water partition coefficient (Wildman–Crippen LogP) is 1.40. The molecule has 1 atom stereocenters. The van der Waals surface area contributed by atoms with Gasteiger partial charge < -0.3 is 15.5 Å². The highest BCUT2D eigenvalue weighted by Gasteiger charge is 2.15. The van der Waals surface area contributed by atoms with Crippen molar-refractivity contribution in [2.24, 2.45) is 0 Å². The van der Waals surface area contributed by atoms with Crippen LogP contribution in [0.15, 0.2) is 24.3 Å². The van der Waals surface area contributed by atoms with Crippen LogP contribution in [-0.2, 0) is 4.79 Å². The molecule has 0 aliphatic heterocycles. The first-order valence-electron chi connectivity index (χ1n) is 6.56. The zero-order valence-corrected chi connectivity index (χ0v) is 12.4. The third kappa shape index (κ3) is 4.79. The Hall–Kier alpha value is -2.24. The van der Waals surface area contributed by atoms with E-state index in [0.29, 0.717) is 6.54 Å².